The van der Waals surface area contributed by atoms with Crippen molar-refractivity contribution in [2.75, 3.05) is 5.32 Å². The zero-order chi connectivity index (χ0) is 19.9. The van der Waals surface area contributed by atoms with Crippen LogP contribution < -0.4 is 10.6 Å². The number of benzene rings is 2. The van der Waals surface area contributed by atoms with Gasteiger partial charge < -0.3 is 10.6 Å². The molecule has 0 fully saturated rings. The van der Waals surface area contributed by atoms with Crippen molar-refractivity contribution in [1.29, 1.82) is 0 Å². The standard InChI is InChI=1S/C20H19ClN4O2S/c1-13(26)22-17(15-9-5-6-10-16(15)21)12-18(27)23-20-25-24-19(28-20)11-14-7-3-2-4-8-14/h2-10,17H,11-12H2,1H3,(H,22,26)(H,23,25,27)/t17-/m1/s1. The van der Waals surface area contributed by atoms with Crippen molar-refractivity contribution < 1.29 is 9.59 Å². The van der Waals surface area contributed by atoms with E-state index in [1.54, 1.807) is 18.2 Å². The number of hydrogen-bond donors (Lipinski definition) is 2. The second kappa shape index (κ2) is 9.43. The van der Waals surface area contributed by atoms with Gasteiger partial charge in [-0.1, -0.05) is 71.5 Å². The Hall–Kier alpha value is -2.77. The third kappa shape index (κ3) is 5.61. The van der Waals surface area contributed by atoms with E-state index in [0.717, 1.165) is 10.6 Å². The molecule has 0 spiro atoms. The molecule has 0 aliphatic rings. The number of hydrogen-bond acceptors (Lipinski definition) is 5. The van der Waals surface area contributed by atoms with Gasteiger partial charge in [-0.2, -0.15) is 0 Å². The Bertz CT molecular complexity index is 962. The first-order valence-electron chi connectivity index (χ1n) is 8.69. The number of amides is 2. The predicted octanol–water partition coefficient (Wildman–Crippen LogP) is 3.99. The van der Waals surface area contributed by atoms with Gasteiger partial charge in [0, 0.05) is 18.4 Å². The van der Waals surface area contributed by atoms with Gasteiger partial charge in [-0.15, -0.1) is 10.2 Å². The van der Waals surface area contributed by atoms with E-state index >= 15 is 0 Å². The highest BCUT2D eigenvalue weighted by Crippen LogP contribution is 2.26. The van der Waals surface area contributed by atoms with Crippen molar-refractivity contribution in [2.45, 2.75) is 25.8 Å². The Morgan fingerprint density at radius 3 is 2.50 bits per heavy atom. The predicted molar refractivity (Wildman–Crippen MR) is 110 cm³/mol. The van der Waals surface area contributed by atoms with Crippen molar-refractivity contribution in [2.24, 2.45) is 0 Å². The minimum absolute atomic E-state index is 0.0386. The lowest BCUT2D eigenvalue weighted by Crippen LogP contribution is -2.30. The van der Waals surface area contributed by atoms with Crippen molar-refractivity contribution in [3.05, 3.63) is 75.8 Å². The quantitative estimate of drug-likeness (QED) is 0.612. The average Bonchev–Trinajstić information content (AvgIpc) is 3.08. The summed E-state index contributed by atoms with van der Waals surface area (Å²) >= 11 is 7.55. The van der Waals surface area contributed by atoms with Crippen LogP contribution in [-0.4, -0.2) is 22.0 Å². The highest BCUT2D eigenvalue weighted by molar-refractivity contribution is 7.15. The molecule has 0 radical (unpaired) electrons. The average molecular weight is 415 g/mol. The van der Waals surface area contributed by atoms with Gasteiger partial charge in [-0.25, -0.2) is 0 Å². The Morgan fingerprint density at radius 1 is 1.07 bits per heavy atom. The number of aromatic nitrogens is 2. The summed E-state index contributed by atoms with van der Waals surface area (Å²) in [6.07, 6.45) is 0.694. The number of nitrogens with zero attached hydrogens (tertiary/aromatic N) is 2. The molecule has 8 heteroatoms. The van der Waals surface area contributed by atoms with Gasteiger partial charge in [-0.05, 0) is 17.2 Å². The molecule has 0 aliphatic carbocycles. The summed E-state index contributed by atoms with van der Waals surface area (Å²) in [5.41, 5.74) is 1.82. The SMILES string of the molecule is CC(=O)N[C@H](CC(=O)Nc1nnc(Cc2ccccc2)s1)c1ccccc1Cl. The summed E-state index contributed by atoms with van der Waals surface area (Å²) in [5, 5.41) is 15.4. The fourth-order valence-electron chi connectivity index (χ4n) is 2.74. The Kier molecular flexibility index (Phi) is 6.73. The molecule has 1 atom stereocenters. The maximum atomic E-state index is 12.5. The molecule has 2 aromatic carbocycles. The van der Waals surface area contributed by atoms with Crippen LogP contribution in [0.3, 0.4) is 0 Å². The molecule has 2 amide bonds. The highest BCUT2D eigenvalue weighted by atomic mass is 35.5. The molecule has 3 rings (SSSR count). The summed E-state index contributed by atoms with van der Waals surface area (Å²) in [6, 6.07) is 16.5. The fraction of sp³-hybridized carbons (Fsp3) is 0.200. The highest BCUT2D eigenvalue weighted by Gasteiger charge is 2.20. The lowest BCUT2D eigenvalue weighted by Gasteiger charge is -2.18. The van der Waals surface area contributed by atoms with E-state index in [0.29, 0.717) is 22.1 Å². The normalized spacial score (nSPS) is 11.6. The molecule has 2 N–H and O–H groups in total. The van der Waals surface area contributed by atoms with Crippen LogP contribution in [0.4, 0.5) is 5.13 Å². The molecule has 0 aliphatic heterocycles. The van der Waals surface area contributed by atoms with Crippen molar-refractivity contribution >= 4 is 39.9 Å². The zero-order valence-electron chi connectivity index (χ0n) is 15.2. The van der Waals surface area contributed by atoms with Crippen LogP contribution >= 0.6 is 22.9 Å². The molecule has 1 heterocycles. The van der Waals surface area contributed by atoms with Crippen molar-refractivity contribution in [3.8, 4) is 0 Å². The summed E-state index contributed by atoms with van der Waals surface area (Å²) in [5.74, 6) is -0.514. The van der Waals surface area contributed by atoms with Crippen LogP contribution in [0.15, 0.2) is 54.6 Å². The molecule has 0 saturated heterocycles. The number of carbonyl (C=O) groups is 2. The Labute approximate surface area is 172 Å². The van der Waals surface area contributed by atoms with E-state index in [1.807, 2.05) is 36.4 Å². The summed E-state index contributed by atoms with van der Waals surface area (Å²) in [7, 11) is 0. The van der Waals surface area contributed by atoms with Gasteiger partial charge >= 0.3 is 0 Å². The van der Waals surface area contributed by atoms with E-state index in [2.05, 4.69) is 20.8 Å². The molecule has 6 nitrogen and oxygen atoms in total. The minimum Gasteiger partial charge on any atom is -0.349 e. The van der Waals surface area contributed by atoms with E-state index in [-0.39, 0.29) is 18.2 Å². The number of halogens is 1. The van der Waals surface area contributed by atoms with E-state index in [1.165, 1.54) is 18.3 Å². The summed E-state index contributed by atoms with van der Waals surface area (Å²) in [6.45, 7) is 1.41. The van der Waals surface area contributed by atoms with Gasteiger partial charge in [0.15, 0.2) is 0 Å². The Balaban J connectivity index is 1.65. The summed E-state index contributed by atoms with van der Waals surface area (Å²) < 4.78 is 0. The van der Waals surface area contributed by atoms with Gasteiger partial charge in [0.05, 0.1) is 12.5 Å². The number of nitrogens with one attached hydrogen (secondary N) is 2. The number of rotatable bonds is 7. The van der Waals surface area contributed by atoms with Gasteiger partial charge in [-0.3, -0.25) is 9.59 Å². The van der Waals surface area contributed by atoms with Gasteiger partial charge in [0.25, 0.3) is 0 Å². The van der Waals surface area contributed by atoms with Gasteiger partial charge in [0.2, 0.25) is 16.9 Å². The molecule has 144 valence electrons. The second-order valence-electron chi connectivity index (χ2n) is 6.19. The smallest absolute Gasteiger partial charge is 0.228 e. The molecular formula is C20H19ClN4O2S. The molecule has 1 aromatic heterocycles. The minimum atomic E-state index is -0.525. The van der Waals surface area contributed by atoms with Crippen LogP contribution in [0.1, 0.15) is 35.5 Å². The van der Waals surface area contributed by atoms with Crippen LogP contribution in [-0.2, 0) is 16.0 Å². The summed E-state index contributed by atoms with van der Waals surface area (Å²) in [4.78, 5) is 24.0. The zero-order valence-corrected chi connectivity index (χ0v) is 16.8. The van der Waals surface area contributed by atoms with Crippen molar-refractivity contribution in [1.82, 2.24) is 15.5 Å². The maximum Gasteiger partial charge on any atom is 0.228 e. The Morgan fingerprint density at radius 2 is 1.79 bits per heavy atom. The molecule has 0 unspecified atom stereocenters. The van der Waals surface area contributed by atoms with Gasteiger partial charge in [0.1, 0.15) is 5.01 Å². The third-order valence-corrected chi connectivity index (χ3v) is 5.14. The van der Waals surface area contributed by atoms with Crippen LogP contribution in [0, 0.1) is 0 Å². The maximum absolute atomic E-state index is 12.5. The first kappa shape index (κ1) is 20.0. The molecule has 0 bridgehead atoms. The van der Waals surface area contributed by atoms with E-state index < -0.39 is 6.04 Å². The number of anilines is 1. The number of carbonyl (C=O) groups excluding carboxylic acids is 2. The van der Waals surface area contributed by atoms with Crippen LogP contribution in [0.2, 0.25) is 5.02 Å². The lowest BCUT2D eigenvalue weighted by molar-refractivity contribution is -0.120. The molecular weight excluding hydrogens is 396 g/mol. The lowest BCUT2D eigenvalue weighted by atomic mass is 10.0. The van der Waals surface area contributed by atoms with Crippen molar-refractivity contribution in [3.63, 3.8) is 0 Å². The third-order valence-electron chi connectivity index (χ3n) is 3.96. The monoisotopic (exact) mass is 414 g/mol. The fourth-order valence-corrected chi connectivity index (χ4v) is 3.80. The van der Waals surface area contributed by atoms with E-state index in [9.17, 15) is 9.59 Å². The topological polar surface area (TPSA) is 84.0 Å². The largest absolute Gasteiger partial charge is 0.349 e. The molecule has 28 heavy (non-hydrogen) atoms. The molecule has 0 saturated carbocycles. The van der Waals surface area contributed by atoms with E-state index in [4.69, 9.17) is 11.6 Å². The van der Waals surface area contributed by atoms with Crippen LogP contribution in [0.25, 0.3) is 0 Å². The first-order valence-corrected chi connectivity index (χ1v) is 9.88. The van der Waals surface area contributed by atoms with Crippen LogP contribution in [0.5, 0.6) is 0 Å². The molecule has 3 aromatic rings. The second-order valence-corrected chi connectivity index (χ2v) is 7.66. The first-order chi connectivity index (χ1) is 13.5.